The van der Waals surface area contributed by atoms with Crippen molar-refractivity contribution in [2.45, 2.75) is 70.2 Å². The molecule has 0 saturated heterocycles. The second-order valence-corrected chi connectivity index (χ2v) is 13.5. The third kappa shape index (κ3) is 7.01. The lowest BCUT2D eigenvalue weighted by molar-refractivity contribution is -0.130. The van der Waals surface area contributed by atoms with Crippen LogP contribution < -0.4 is 10.6 Å². The number of benzene rings is 3. The molecule has 1 saturated carbocycles. The second-order valence-electron chi connectivity index (χ2n) is 11.6. The lowest BCUT2D eigenvalue weighted by Crippen LogP contribution is -2.47. The van der Waals surface area contributed by atoms with Crippen LogP contribution in [0.2, 0.25) is 0 Å². The van der Waals surface area contributed by atoms with Crippen molar-refractivity contribution in [3.05, 3.63) is 72.3 Å². The summed E-state index contributed by atoms with van der Waals surface area (Å²) in [5.74, 6) is -0.451. The molecule has 7 heteroatoms. The van der Waals surface area contributed by atoms with E-state index in [-0.39, 0.29) is 28.4 Å². The van der Waals surface area contributed by atoms with Crippen LogP contribution in [0.3, 0.4) is 0 Å². The van der Waals surface area contributed by atoms with Gasteiger partial charge in [-0.2, -0.15) is 0 Å². The summed E-state index contributed by atoms with van der Waals surface area (Å²) >= 11 is 0. The van der Waals surface area contributed by atoms with E-state index in [9.17, 15) is 18.0 Å². The molecule has 0 radical (unpaired) electrons. The van der Waals surface area contributed by atoms with Gasteiger partial charge < -0.3 is 10.6 Å². The molecule has 0 bridgehead atoms. The van der Waals surface area contributed by atoms with Crippen LogP contribution in [0.5, 0.6) is 0 Å². The highest BCUT2D eigenvalue weighted by Crippen LogP contribution is 2.32. The highest BCUT2D eigenvalue weighted by molar-refractivity contribution is 7.91. The number of amides is 2. The first-order valence-electron chi connectivity index (χ1n) is 13.4. The molecule has 2 N–H and O–H groups in total. The number of hydrogen-bond donors (Lipinski definition) is 2. The Bertz CT molecular complexity index is 1390. The summed E-state index contributed by atoms with van der Waals surface area (Å²) in [6, 6.07) is 19.3. The van der Waals surface area contributed by atoms with Gasteiger partial charge in [0.2, 0.25) is 11.8 Å². The molecule has 2 amide bonds. The Kier molecular flexibility index (Phi) is 8.56. The Labute approximate surface area is 226 Å². The van der Waals surface area contributed by atoms with Gasteiger partial charge in [0.25, 0.3) is 0 Å². The largest absolute Gasteiger partial charge is 0.344 e. The Balaban J connectivity index is 1.62. The lowest BCUT2D eigenvalue weighted by atomic mass is 9.88. The van der Waals surface area contributed by atoms with Crippen LogP contribution in [-0.2, 0) is 25.8 Å². The number of nitrogens with one attached hydrogen (secondary N) is 2. The van der Waals surface area contributed by atoms with Gasteiger partial charge in [0.1, 0.15) is 6.04 Å². The van der Waals surface area contributed by atoms with Crippen LogP contribution >= 0.6 is 0 Å². The van der Waals surface area contributed by atoms with Crippen LogP contribution in [0.4, 0.5) is 5.69 Å². The van der Waals surface area contributed by atoms with Crippen LogP contribution in [0.1, 0.15) is 58.4 Å². The predicted molar refractivity (Wildman–Crippen MR) is 153 cm³/mol. The fourth-order valence-corrected chi connectivity index (χ4v) is 7.34. The third-order valence-electron chi connectivity index (χ3n) is 6.99. The molecule has 0 aromatic heterocycles. The number of anilines is 1. The van der Waals surface area contributed by atoms with E-state index in [1.165, 1.54) is 0 Å². The summed E-state index contributed by atoms with van der Waals surface area (Å²) in [6.45, 7) is 5.70. The smallest absolute Gasteiger partial charge is 0.247 e. The number of fused-ring (bicyclic) bond motifs is 1. The lowest BCUT2D eigenvalue weighted by Gasteiger charge is -2.25. The number of rotatable bonds is 8. The number of sulfone groups is 1. The van der Waals surface area contributed by atoms with Crippen LogP contribution in [0.25, 0.3) is 10.8 Å². The third-order valence-corrected chi connectivity index (χ3v) is 9.26. The van der Waals surface area contributed by atoms with E-state index in [1.807, 2.05) is 57.2 Å². The maximum Gasteiger partial charge on any atom is 0.247 e. The summed E-state index contributed by atoms with van der Waals surface area (Å²) in [4.78, 5) is 26.9. The molecule has 3 aromatic carbocycles. The normalized spacial score (nSPS) is 15.7. The molecule has 0 spiro atoms. The molecule has 0 aliphatic heterocycles. The quantitative estimate of drug-likeness (QED) is 0.376. The second kappa shape index (κ2) is 11.7. The summed E-state index contributed by atoms with van der Waals surface area (Å²) < 4.78 is 26.5. The van der Waals surface area contributed by atoms with Gasteiger partial charge in [-0.3, -0.25) is 9.59 Å². The van der Waals surface area contributed by atoms with Crippen molar-refractivity contribution < 1.29 is 18.0 Å². The van der Waals surface area contributed by atoms with Crippen molar-refractivity contribution in [1.29, 1.82) is 0 Å². The number of carbonyl (C=O) groups is 2. The summed E-state index contributed by atoms with van der Waals surface area (Å²) in [6.07, 6.45) is 5.27. The van der Waals surface area contributed by atoms with Crippen molar-refractivity contribution >= 4 is 38.1 Å². The molecule has 3 aromatic rings. The molecule has 0 heterocycles. The minimum absolute atomic E-state index is 0.0159. The maximum absolute atomic E-state index is 13.6. The Hall–Kier alpha value is -3.19. The minimum atomic E-state index is -3.54. The highest BCUT2D eigenvalue weighted by atomic mass is 32.2. The average Bonchev–Trinajstić information content (AvgIpc) is 2.88. The zero-order valence-corrected chi connectivity index (χ0v) is 23.3. The van der Waals surface area contributed by atoms with Crippen molar-refractivity contribution in [2.75, 3.05) is 11.1 Å². The van der Waals surface area contributed by atoms with E-state index in [4.69, 9.17) is 0 Å². The maximum atomic E-state index is 13.6. The predicted octanol–water partition coefficient (Wildman–Crippen LogP) is 5.91. The molecule has 1 fully saturated rings. The SMILES string of the molecule is CC(C)(C)CS(=O)(=O)c1cccc2c(NC(=O)[C@H](Cc3ccccc3)NC(=O)C3CCCCC3)cccc12. The molecule has 0 unspecified atom stereocenters. The monoisotopic (exact) mass is 534 g/mol. The van der Waals surface area contributed by atoms with Gasteiger partial charge in [0, 0.05) is 28.8 Å². The molecule has 202 valence electrons. The number of carbonyl (C=O) groups excluding carboxylic acids is 2. The van der Waals surface area contributed by atoms with E-state index in [0.29, 0.717) is 22.9 Å². The van der Waals surface area contributed by atoms with Gasteiger partial charge in [-0.25, -0.2) is 8.42 Å². The first-order chi connectivity index (χ1) is 18.0. The Morgan fingerprint density at radius 2 is 1.53 bits per heavy atom. The topological polar surface area (TPSA) is 92.3 Å². The van der Waals surface area contributed by atoms with Crippen molar-refractivity contribution in [2.24, 2.45) is 11.3 Å². The minimum Gasteiger partial charge on any atom is -0.344 e. The molecule has 6 nitrogen and oxygen atoms in total. The Morgan fingerprint density at radius 1 is 0.868 bits per heavy atom. The number of hydrogen-bond acceptors (Lipinski definition) is 4. The fourth-order valence-electron chi connectivity index (χ4n) is 5.24. The zero-order chi connectivity index (χ0) is 27.3. The molecular weight excluding hydrogens is 496 g/mol. The van der Waals surface area contributed by atoms with E-state index in [2.05, 4.69) is 10.6 Å². The zero-order valence-electron chi connectivity index (χ0n) is 22.5. The van der Waals surface area contributed by atoms with Crippen molar-refractivity contribution in [3.63, 3.8) is 0 Å². The first kappa shape index (κ1) is 27.8. The fraction of sp³-hybridized carbons (Fsp3) is 0.419. The van der Waals surface area contributed by atoms with E-state index in [0.717, 1.165) is 37.7 Å². The van der Waals surface area contributed by atoms with Gasteiger partial charge in [-0.15, -0.1) is 0 Å². The molecule has 1 aliphatic carbocycles. The van der Waals surface area contributed by atoms with Gasteiger partial charge >= 0.3 is 0 Å². The van der Waals surface area contributed by atoms with Gasteiger partial charge in [0.05, 0.1) is 10.6 Å². The summed E-state index contributed by atoms with van der Waals surface area (Å²) in [7, 11) is -3.54. The average molecular weight is 535 g/mol. The van der Waals surface area contributed by atoms with E-state index < -0.39 is 21.3 Å². The Morgan fingerprint density at radius 3 is 2.21 bits per heavy atom. The highest BCUT2D eigenvalue weighted by Gasteiger charge is 2.28. The molecular formula is C31H38N2O4S. The molecule has 4 rings (SSSR count). The standard InChI is InChI=1S/C31H38N2O4S/c1-31(2,3)21-38(36,37)28-19-11-16-24-25(28)17-10-18-26(24)32-30(35)27(20-22-12-6-4-7-13-22)33-29(34)23-14-8-5-9-15-23/h4,6-7,10-13,16-19,23,27H,5,8-9,14-15,20-21H2,1-3H3,(H,32,35)(H,33,34)/t27-/m0/s1. The van der Waals surface area contributed by atoms with E-state index in [1.54, 1.807) is 30.3 Å². The van der Waals surface area contributed by atoms with Crippen LogP contribution in [0.15, 0.2) is 71.6 Å². The van der Waals surface area contributed by atoms with E-state index >= 15 is 0 Å². The van der Waals surface area contributed by atoms with Gasteiger partial charge in [-0.05, 0) is 36.0 Å². The molecule has 1 aliphatic rings. The van der Waals surface area contributed by atoms with Crippen LogP contribution in [0, 0.1) is 11.3 Å². The van der Waals surface area contributed by atoms with Crippen molar-refractivity contribution in [1.82, 2.24) is 5.32 Å². The summed E-state index contributed by atoms with van der Waals surface area (Å²) in [5, 5.41) is 7.23. The van der Waals surface area contributed by atoms with Gasteiger partial charge in [-0.1, -0.05) is 94.6 Å². The molecule has 1 atom stereocenters. The summed E-state index contributed by atoms with van der Waals surface area (Å²) in [5.41, 5.74) is 1.07. The van der Waals surface area contributed by atoms with Crippen molar-refractivity contribution in [3.8, 4) is 0 Å². The molecule has 38 heavy (non-hydrogen) atoms. The van der Waals surface area contributed by atoms with Crippen LogP contribution in [-0.4, -0.2) is 32.0 Å². The first-order valence-corrected chi connectivity index (χ1v) is 15.1. The van der Waals surface area contributed by atoms with Gasteiger partial charge in [0.15, 0.2) is 9.84 Å².